The van der Waals surface area contributed by atoms with Crippen molar-refractivity contribution in [2.45, 2.75) is 11.6 Å². The van der Waals surface area contributed by atoms with Gasteiger partial charge in [0.1, 0.15) is 0 Å². The molecule has 2 aliphatic rings. The quantitative estimate of drug-likeness (QED) is 0.625. The SMILES string of the molecule is CO[C@]12N(C)C(=O)NC(=O)[C@@]1(OC)NC(=O)N2C. The summed E-state index contributed by atoms with van der Waals surface area (Å²) < 4.78 is 10.5. The van der Waals surface area contributed by atoms with E-state index < -0.39 is 29.5 Å². The van der Waals surface area contributed by atoms with Crippen LogP contribution in [-0.4, -0.2) is 67.7 Å². The molecule has 100 valence electrons. The number of carbonyl (C=O) groups is 3. The summed E-state index contributed by atoms with van der Waals surface area (Å²) in [7, 11) is 5.33. The number of rotatable bonds is 2. The molecule has 2 rings (SSSR count). The average molecular weight is 258 g/mol. The summed E-state index contributed by atoms with van der Waals surface area (Å²) in [6, 6.07) is -1.27. The second kappa shape index (κ2) is 3.56. The fourth-order valence-electron chi connectivity index (χ4n) is 2.46. The zero-order valence-corrected chi connectivity index (χ0v) is 10.4. The van der Waals surface area contributed by atoms with E-state index in [1.165, 1.54) is 28.3 Å². The van der Waals surface area contributed by atoms with Gasteiger partial charge in [-0.3, -0.25) is 25.2 Å². The first-order valence-electron chi connectivity index (χ1n) is 5.13. The normalized spacial score (nSPS) is 35.4. The summed E-state index contributed by atoms with van der Waals surface area (Å²) in [6.07, 6.45) is 0. The number of fused-ring (bicyclic) bond motifs is 1. The summed E-state index contributed by atoms with van der Waals surface area (Å²) in [5.74, 6) is -2.45. The van der Waals surface area contributed by atoms with Crippen LogP contribution in [0.3, 0.4) is 0 Å². The van der Waals surface area contributed by atoms with Crippen LogP contribution in [0.1, 0.15) is 0 Å². The Morgan fingerprint density at radius 1 is 1.00 bits per heavy atom. The van der Waals surface area contributed by atoms with E-state index in [0.717, 1.165) is 9.80 Å². The zero-order valence-electron chi connectivity index (χ0n) is 10.4. The van der Waals surface area contributed by atoms with Crippen LogP contribution in [0, 0.1) is 0 Å². The monoisotopic (exact) mass is 258 g/mol. The number of hydrogen-bond acceptors (Lipinski definition) is 5. The highest BCUT2D eigenvalue weighted by molar-refractivity contribution is 6.06. The maximum absolute atomic E-state index is 12.0. The Hall–Kier alpha value is -1.87. The molecular weight excluding hydrogens is 244 g/mol. The molecule has 0 aromatic carbocycles. The van der Waals surface area contributed by atoms with Gasteiger partial charge in [-0.2, -0.15) is 0 Å². The van der Waals surface area contributed by atoms with Gasteiger partial charge in [0, 0.05) is 28.3 Å². The molecule has 0 spiro atoms. The van der Waals surface area contributed by atoms with E-state index in [0.29, 0.717) is 0 Å². The van der Waals surface area contributed by atoms with Crippen molar-refractivity contribution in [3.05, 3.63) is 0 Å². The lowest BCUT2D eigenvalue weighted by Crippen LogP contribution is -2.81. The number of carbonyl (C=O) groups excluding carboxylic acids is 3. The third kappa shape index (κ3) is 1.05. The number of nitrogens with zero attached hydrogens (tertiary/aromatic N) is 2. The molecule has 5 amide bonds. The van der Waals surface area contributed by atoms with Crippen LogP contribution >= 0.6 is 0 Å². The first-order chi connectivity index (χ1) is 8.37. The van der Waals surface area contributed by atoms with Crippen LogP contribution in [0.15, 0.2) is 0 Å². The molecule has 2 heterocycles. The van der Waals surface area contributed by atoms with Gasteiger partial charge in [0.15, 0.2) is 0 Å². The summed E-state index contributed by atoms with van der Waals surface area (Å²) in [6.45, 7) is 0. The van der Waals surface area contributed by atoms with Gasteiger partial charge in [-0.15, -0.1) is 0 Å². The van der Waals surface area contributed by atoms with E-state index in [2.05, 4.69) is 10.6 Å². The highest BCUT2D eigenvalue weighted by Crippen LogP contribution is 2.40. The van der Waals surface area contributed by atoms with Crippen LogP contribution in [0.2, 0.25) is 0 Å². The number of urea groups is 2. The molecule has 0 aliphatic carbocycles. The van der Waals surface area contributed by atoms with Gasteiger partial charge in [0.2, 0.25) is 0 Å². The van der Waals surface area contributed by atoms with E-state index in [1.54, 1.807) is 0 Å². The maximum Gasteiger partial charge on any atom is 0.327 e. The third-order valence-corrected chi connectivity index (χ3v) is 3.39. The molecule has 0 unspecified atom stereocenters. The molecule has 9 heteroatoms. The number of likely N-dealkylation sites (N-methyl/N-ethyl adjacent to an activating group) is 2. The molecule has 0 aromatic rings. The maximum atomic E-state index is 12.0. The smallest absolute Gasteiger partial charge is 0.327 e. The molecule has 2 fully saturated rings. The molecule has 0 bridgehead atoms. The molecule has 2 atom stereocenters. The van der Waals surface area contributed by atoms with Crippen molar-refractivity contribution >= 4 is 18.0 Å². The minimum absolute atomic E-state index is 0.588. The lowest BCUT2D eigenvalue weighted by atomic mass is 10.0. The number of imide groups is 1. The van der Waals surface area contributed by atoms with E-state index >= 15 is 0 Å². The van der Waals surface area contributed by atoms with Crippen molar-refractivity contribution in [3.8, 4) is 0 Å². The van der Waals surface area contributed by atoms with Gasteiger partial charge in [-0.05, 0) is 0 Å². The minimum atomic E-state index is -1.81. The summed E-state index contributed by atoms with van der Waals surface area (Å²) in [5, 5.41) is 4.49. The average Bonchev–Trinajstić information content (AvgIpc) is 2.58. The van der Waals surface area contributed by atoms with Crippen LogP contribution < -0.4 is 10.6 Å². The fourth-order valence-corrected chi connectivity index (χ4v) is 2.46. The van der Waals surface area contributed by atoms with Gasteiger partial charge in [-0.1, -0.05) is 0 Å². The highest BCUT2D eigenvalue weighted by Gasteiger charge is 2.74. The van der Waals surface area contributed by atoms with Gasteiger partial charge >= 0.3 is 12.1 Å². The molecule has 2 saturated heterocycles. The van der Waals surface area contributed by atoms with Gasteiger partial charge in [-0.25, -0.2) is 9.59 Å². The first-order valence-corrected chi connectivity index (χ1v) is 5.13. The topological polar surface area (TPSA) is 100 Å². The highest BCUT2D eigenvalue weighted by atomic mass is 16.6. The Morgan fingerprint density at radius 3 is 2.06 bits per heavy atom. The minimum Gasteiger partial charge on any atom is -0.345 e. The van der Waals surface area contributed by atoms with E-state index in [1.807, 2.05) is 0 Å². The van der Waals surface area contributed by atoms with Crippen LogP contribution in [0.25, 0.3) is 0 Å². The van der Waals surface area contributed by atoms with Crippen LogP contribution in [-0.2, 0) is 14.3 Å². The predicted molar refractivity (Wildman–Crippen MR) is 57.1 cm³/mol. The second-order valence-corrected chi connectivity index (χ2v) is 4.01. The third-order valence-electron chi connectivity index (χ3n) is 3.39. The van der Waals surface area contributed by atoms with Crippen molar-refractivity contribution < 1.29 is 23.9 Å². The van der Waals surface area contributed by atoms with Crippen molar-refractivity contribution in [1.82, 2.24) is 20.4 Å². The standard InChI is InChI=1S/C9H14N4O5/c1-12-6(15)10-5(14)8(17-3)9(12,18-4)13(2)7(16)11-8/h1-4H3,(H,11,16)(H,10,14,15)/t8-,9-/m0/s1. The zero-order chi connectivity index (χ0) is 13.7. The summed E-state index contributed by atoms with van der Waals surface area (Å²) >= 11 is 0. The summed E-state index contributed by atoms with van der Waals surface area (Å²) in [5.41, 5.74) is -1.81. The molecular formula is C9H14N4O5. The van der Waals surface area contributed by atoms with Crippen LogP contribution in [0.4, 0.5) is 9.59 Å². The molecule has 0 aromatic heterocycles. The first kappa shape index (κ1) is 12.6. The molecule has 0 radical (unpaired) electrons. The largest absolute Gasteiger partial charge is 0.345 e. The van der Waals surface area contributed by atoms with Crippen molar-refractivity contribution in [2.75, 3.05) is 28.3 Å². The number of nitrogens with one attached hydrogen (secondary N) is 2. The summed E-state index contributed by atoms with van der Waals surface area (Å²) in [4.78, 5) is 37.7. The Labute approximate surface area is 103 Å². The number of ether oxygens (including phenoxy) is 2. The molecule has 18 heavy (non-hydrogen) atoms. The van der Waals surface area contributed by atoms with Crippen molar-refractivity contribution in [2.24, 2.45) is 0 Å². The van der Waals surface area contributed by atoms with Crippen molar-refractivity contribution in [1.29, 1.82) is 0 Å². The predicted octanol–water partition coefficient (Wildman–Crippen LogP) is -1.53. The lowest BCUT2D eigenvalue weighted by molar-refractivity contribution is -0.273. The number of hydrogen-bond donors (Lipinski definition) is 2. The Morgan fingerprint density at radius 2 is 1.56 bits per heavy atom. The Bertz CT molecular complexity index is 441. The Balaban J connectivity index is 2.68. The second-order valence-electron chi connectivity index (χ2n) is 4.01. The molecule has 9 nitrogen and oxygen atoms in total. The lowest BCUT2D eigenvalue weighted by Gasteiger charge is -2.50. The molecule has 2 aliphatic heterocycles. The van der Waals surface area contributed by atoms with E-state index in [-0.39, 0.29) is 0 Å². The van der Waals surface area contributed by atoms with Gasteiger partial charge < -0.3 is 9.47 Å². The number of methoxy groups -OCH3 is 2. The molecule has 2 N–H and O–H groups in total. The van der Waals surface area contributed by atoms with Gasteiger partial charge in [0.05, 0.1) is 0 Å². The fraction of sp³-hybridized carbons (Fsp3) is 0.667. The Kier molecular flexibility index (Phi) is 2.49. The van der Waals surface area contributed by atoms with E-state index in [9.17, 15) is 14.4 Å². The van der Waals surface area contributed by atoms with Crippen LogP contribution in [0.5, 0.6) is 0 Å². The van der Waals surface area contributed by atoms with Crippen molar-refractivity contribution in [3.63, 3.8) is 0 Å². The van der Waals surface area contributed by atoms with Gasteiger partial charge in [0.25, 0.3) is 17.5 Å². The number of amides is 5. The van der Waals surface area contributed by atoms with E-state index in [4.69, 9.17) is 9.47 Å². The molecule has 0 saturated carbocycles.